The number of hydrogen-bond acceptors (Lipinski definition) is 2. The lowest BCUT2D eigenvalue weighted by atomic mass is 9.94. The second-order valence-corrected chi connectivity index (χ2v) is 7.17. The predicted molar refractivity (Wildman–Crippen MR) is 121 cm³/mol. The fourth-order valence-electron chi connectivity index (χ4n) is 3.26. The molecule has 0 saturated heterocycles. The van der Waals surface area contributed by atoms with Crippen molar-refractivity contribution in [3.63, 3.8) is 0 Å². The zero-order chi connectivity index (χ0) is 19.9. The Bertz CT molecular complexity index is 940. The van der Waals surface area contributed by atoms with Gasteiger partial charge in [-0.2, -0.15) is 0 Å². The van der Waals surface area contributed by atoms with Crippen LogP contribution in [0.25, 0.3) is 0 Å². The van der Waals surface area contributed by atoms with Crippen molar-refractivity contribution >= 4 is 23.0 Å². The standard InChI is InChI=1S/C24H26N2OS/c1-4-27-21-12-8-11-20(16-21)25-24(28)26-23(19-9-6-5-7-10-19)22-14-13-17(2)15-18(22)3/h5-16,23H,4H2,1-3H3,(H2,25,26,28)/t23-/m0/s1. The van der Waals surface area contributed by atoms with Crippen LogP contribution in [0.15, 0.2) is 72.8 Å². The van der Waals surface area contributed by atoms with Gasteiger partial charge in [-0.25, -0.2) is 0 Å². The van der Waals surface area contributed by atoms with Crippen LogP contribution in [0.1, 0.15) is 35.2 Å². The molecule has 0 fully saturated rings. The summed E-state index contributed by atoms with van der Waals surface area (Å²) in [6.07, 6.45) is 0. The van der Waals surface area contributed by atoms with Crippen LogP contribution in [0.3, 0.4) is 0 Å². The van der Waals surface area contributed by atoms with Crippen LogP contribution in [0.2, 0.25) is 0 Å². The largest absolute Gasteiger partial charge is 0.494 e. The number of ether oxygens (including phenoxy) is 1. The highest BCUT2D eigenvalue weighted by atomic mass is 32.1. The van der Waals surface area contributed by atoms with Gasteiger partial charge in [0.1, 0.15) is 5.75 Å². The topological polar surface area (TPSA) is 33.3 Å². The van der Waals surface area contributed by atoms with Crippen LogP contribution in [0.5, 0.6) is 5.75 Å². The van der Waals surface area contributed by atoms with E-state index in [0.717, 1.165) is 11.4 Å². The molecule has 0 bridgehead atoms. The maximum absolute atomic E-state index is 5.63. The van der Waals surface area contributed by atoms with E-state index in [2.05, 4.69) is 66.9 Å². The molecular formula is C24H26N2OS. The summed E-state index contributed by atoms with van der Waals surface area (Å²) in [5.41, 5.74) is 5.77. The van der Waals surface area contributed by atoms with Crippen molar-refractivity contribution in [1.29, 1.82) is 0 Å². The zero-order valence-corrected chi connectivity index (χ0v) is 17.3. The molecule has 1 atom stereocenters. The van der Waals surface area contributed by atoms with E-state index in [1.54, 1.807) is 0 Å². The zero-order valence-electron chi connectivity index (χ0n) is 16.5. The van der Waals surface area contributed by atoms with Crippen LogP contribution in [0.4, 0.5) is 5.69 Å². The van der Waals surface area contributed by atoms with Gasteiger partial charge in [-0.3, -0.25) is 0 Å². The van der Waals surface area contributed by atoms with Crippen molar-refractivity contribution in [1.82, 2.24) is 5.32 Å². The average Bonchev–Trinajstić information content (AvgIpc) is 2.68. The van der Waals surface area contributed by atoms with Crippen LogP contribution < -0.4 is 15.4 Å². The van der Waals surface area contributed by atoms with Gasteiger partial charge in [0.2, 0.25) is 0 Å². The van der Waals surface area contributed by atoms with Gasteiger partial charge in [0.15, 0.2) is 5.11 Å². The lowest BCUT2D eigenvalue weighted by molar-refractivity contribution is 0.340. The van der Waals surface area contributed by atoms with Crippen molar-refractivity contribution in [3.05, 3.63) is 95.1 Å². The minimum Gasteiger partial charge on any atom is -0.494 e. The number of anilines is 1. The molecule has 4 heteroatoms. The third kappa shape index (κ3) is 5.11. The Morgan fingerprint density at radius 1 is 0.964 bits per heavy atom. The van der Waals surface area contributed by atoms with Crippen molar-refractivity contribution in [3.8, 4) is 5.75 Å². The molecule has 3 aromatic carbocycles. The molecule has 0 unspecified atom stereocenters. The van der Waals surface area contributed by atoms with Crippen molar-refractivity contribution in [2.24, 2.45) is 0 Å². The third-order valence-corrected chi connectivity index (χ3v) is 4.77. The average molecular weight is 391 g/mol. The van der Waals surface area contributed by atoms with E-state index in [1.807, 2.05) is 37.3 Å². The maximum atomic E-state index is 5.63. The fourth-order valence-corrected chi connectivity index (χ4v) is 3.50. The molecule has 0 radical (unpaired) electrons. The molecule has 2 N–H and O–H groups in total. The molecule has 0 amide bonds. The first-order chi connectivity index (χ1) is 13.6. The van der Waals surface area contributed by atoms with Gasteiger partial charge in [-0.15, -0.1) is 0 Å². The predicted octanol–water partition coefficient (Wildman–Crippen LogP) is 5.78. The molecule has 3 aromatic rings. The summed E-state index contributed by atoms with van der Waals surface area (Å²) in [7, 11) is 0. The van der Waals surface area contributed by atoms with Gasteiger partial charge in [-0.1, -0.05) is 60.2 Å². The van der Waals surface area contributed by atoms with Crippen LogP contribution in [-0.2, 0) is 0 Å². The molecule has 3 nitrogen and oxygen atoms in total. The maximum Gasteiger partial charge on any atom is 0.171 e. The lowest BCUT2D eigenvalue weighted by Crippen LogP contribution is -2.33. The normalized spacial score (nSPS) is 11.5. The van der Waals surface area contributed by atoms with Crippen LogP contribution in [0, 0.1) is 13.8 Å². The first-order valence-electron chi connectivity index (χ1n) is 9.49. The summed E-state index contributed by atoms with van der Waals surface area (Å²) in [6, 6.07) is 24.7. The number of rotatable bonds is 6. The summed E-state index contributed by atoms with van der Waals surface area (Å²) in [5, 5.41) is 7.34. The quantitative estimate of drug-likeness (QED) is 0.523. The Hall–Kier alpha value is -2.85. The Labute approximate surface area is 172 Å². The van der Waals surface area contributed by atoms with Crippen LogP contribution >= 0.6 is 12.2 Å². The number of aryl methyl sites for hydroxylation is 2. The molecule has 0 aliphatic carbocycles. The van der Waals surface area contributed by atoms with Gasteiger partial charge in [-0.05, 0) is 61.8 Å². The van der Waals surface area contributed by atoms with E-state index in [9.17, 15) is 0 Å². The van der Waals surface area contributed by atoms with E-state index in [1.165, 1.54) is 22.3 Å². The molecular weight excluding hydrogens is 364 g/mol. The second kappa shape index (κ2) is 9.38. The molecule has 0 aliphatic rings. The molecule has 0 saturated carbocycles. The second-order valence-electron chi connectivity index (χ2n) is 6.76. The van der Waals surface area contributed by atoms with E-state index in [0.29, 0.717) is 11.7 Å². The SMILES string of the molecule is CCOc1cccc(NC(=S)N[C@@H](c2ccccc2)c2ccc(C)cc2C)c1. The van der Waals surface area contributed by atoms with Gasteiger partial charge >= 0.3 is 0 Å². The molecule has 28 heavy (non-hydrogen) atoms. The lowest BCUT2D eigenvalue weighted by Gasteiger charge is -2.24. The molecule has 0 heterocycles. The Morgan fingerprint density at radius 2 is 1.75 bits per heavy atom. The monoisotopic (exact) mass is 390 g/mol. The van der Waals surface area contributed by atoms with E-state index >= 15 is 0 Å². The Kier molecular flexibility index (Phi) is 6.66. The van der Waals surface area contributed by atoms with Crippen LogP contribution in [-0.4, -0.2) is 11.7 Å². The number of nitrogens with one attached hydrogen (secondary N) is 2. The molecule has 0 spiro atoms. The molecule has 0 aliphatic heterocycles. The number of hydrogen-bond donors (Lipinski definition) is 2. The van der Waals surface area contributed by atoms with Crippen molar-refractivity contribution < 1.29 is 4.74 Å². The molecule has 3 rings (SSSR count). The first kappa shape index (κ1) is 19.9. The summed E-state index contributed by atoms with van der Waals surface area (Å²) in [5.74, 6) is 0.823. The number of thiocarbonyl (C=S) groups is 1. The van der Waals surface area contributed by atoms with Gasteiger partial charge in [0.25, 0.3) is 0 Å². The first-order valence-corrected chi connectivity index (χ1v) is 9.90. The van der Waals surface area contributed by atoms with E-state index < -0.39 is 0 Å². The molecule has 0 aromatic heterocycles. The summed E-state index contributed by atoms with van der Waals surface area (Å²) in [4.78, 5) is 0. The minimum absolute atomic E-state index is 0.0307. The highest BCUT2D eigenvalue weighted by Gasteiger charge is 2.17. The third-order valence-electron chi connectivity index (χ3n) is 4.55. The Morgan fingerprint density at radius 3 is 2.46 bits per heavy atom. The van der Waals surface area contributed by atoms with E-state index in [-0.39, 0.29) is 6.04 Å². The Balaban J connectivity index is 1.83. The summed E-state index contributed by atoms with van der Waals surface area (Å²) in [6.45, 7) is 6.86. The van der Waals surface area contributed by atoms with Crippen molar-refractivity contribution in [2.45, 2.75) is 26.8 Å². The molecule has 144 valence electrons. The van der Waals surface area contributed by atoms with Gasteiger partial charge in [0.05, 0.1) is 12.6 Å². The van der Waals surface area contributed by atoms with Crippen molar-refractivity contribution in [2.75, 3.05) is 11.9 Å². The smallest absolute Gasteiger partial charge is 0.171 e. The summed E-state index contributed by atoms with van der Waals surface area (Å²) >= 11 is 5.63. The number of benzene rings is 3. The summed E-state index contributed by atoms with van der Waals surface area (Å²) < 4.78 is 5.57. The fraction of sp³-hybridized carbons (Fsp3) is 0.208. The van der Waals surface area contributed by atoms with Gasteiger partial charge in [0, 0.05) is 11.8 Å². The highest BCUT2D eigenvalue weighted by molar-refractivity contribution is 7.80. The van der Waals surface area contributed by atoms with E-state index in [4.69, 9.17) is 17.0 Å². The highest BCUT2D eigenvalue weighted by Crippen LogP contribution is 2.26. The minimum atomic E-state index is -0.0307. The van der Waals surface area contributed by atoms with Gasteiger partial charge < -0.3 is 15.4 Å².